The van der Waals surface area contributed by atoms with Crippen molar-refractivity contribution in [3.05, 3.63) is 66.1 Å². The molecule has 3 aromatic rings. The van der Waals surface area contributed by atoms with Gasteiger partial charge in [-0.2, -0.15) is 0 Å². The second kappa shape index (κ2) is 9.44. The summed E-state index contributed by atoms with van der Waals surface area (Å²) in [7, 11) is 0. The van der Waals surface area contributed by atoms with Gasteiger partial charge >= 0.3 is 6.03 Å². The Kier molecular flexibility index (Phi) is 6.28. The highest BCUT2D eigenvalue weighted by atomic mass is 16.5. The van der Waals surface area contributed by atoms with Crippen molar-refractivity contribution < 1.29 is 18.7 Å². The van der Waals surface area contributed by atoms with Crippen molar-refractivity contribution in [2.45, 2.75) is 25.9 Å². The number of rotatable bonds is 6. The third kappa shape index (κ3) is 5.29. The van der Waals surface area contributed by atoms with E-state index in [9.17, 15) is 9.59 Å². The Morgan fingerprint density at radius 2 is 1.74 bits per heavy atom. The lowest BCUT2D eigenvalue weighted by Gasteiger charge is -2.12. The average Bonchev–Trinajstić information content (AvgIpc) is 3.44. The van der Waals surface area contributed by atoms with Crippen LogP contribution in [-0.4, -0.2) is 36.2 Å². The number of aryl methyl sites for hydroxylation is 1. The lowest BCUT2D eigenvalue weighted by Crippen LogP contribution is -2.35. The molecule has 1 atom stereocenters. The molecule has 1 aliphatic rings. The van der Waals surface area contributed by atoms with Crippen LogP contribution in [0.4, 0.5) is 16.2 Å². The van der Waals surface area contributed by atoms with Gasteiger partial charge in [0.15, 0.2) is 5.69 Å². The number of anilines is 2. The number of carbonyl (C=O) groups excluding carboxylic acids is 2. The van der Waals surface area contributed by atoms with Crippen LogP contribution in [0.2, 0.25) is 0 Å². The van der Waals surface area contributed by atoms with Crippen LogP contribution in [0.25, 0.3) is 11.5 Å². The molecule has 1 aliphatic heterocycles. The van der Waals surface area contributed by atoms with Crippen LogP contribution in [0.15, 0.2) is 59.0 Å². The van der Waals surface area contributed by atoms with E-state index in [4.69, 9.17) is 9.15 Å². The first-order valence-electron chi connectivity index (χ1n) is 10.2. The SMILES string of the molecule is Cc1oc(-c2ccccc2)nc1C(=O)Nc1ccc(NC(=O)NCC2CCCO2)cc1. The minimum Gasteiger partial charge on any atom is -0.441 e. The van der Waals surface area contributed by atoms with Crippen molar-refractivity contribution in [3.8, 4) is 11.5 Å². The highest BCUT2D eigenvalue weighted by Crippen LogP contribution is 2.22. The predicted molar refractivity (Wildman–Crippen MR) is 117 cm³/mol. The van der Waals surface area contributed by atoms with E-state index >= 15 is 0 Å². The molecule has 160 valence electrons. The number of benzene rings is 2. The Morgan fingerprint density at radius 1 is 1.03 bits per heavy atom. The predicted octanol–water partition coefficient (Wildman–Crippen LogP) is 4.20. The molecule has 0 aliphatic carbocycles. The summed E-state index contributed by atoms with van der Waals surface area (Å²) >= 11 is 0. The smallest absolute Gasteiger partial charge is 0.319 e. The van der Waals surface area contributed by atoms with Gasteiger partial charge in [0.1, 0.15) is 5.76 Å². The number of oxazole rings is 1. The first-order valence-corrected chi connectivity index (χ1v) is 10.2. The summed E-state index contributed by atoms with van der Waals surface area (Å²) in [6.45, 7) is 2.95. The van der Waals surface area contributed by atoms with Gasteiger partial charge in [-0.15, -0.1) is 0 Å². The maximum Gasteiger partial charge on any atom is 0.319 e. The molecule has 3 N–H and O–H groups in total. The van der Waals surface area contributed by atoms with Gasteiger partial charge in [0.2, 0.25) is 5.89 Å². The number of hydrogen-bond acceptors (Lipinski definition) is 5. The Labute approximate surface area is 180 Å². The Balaban J connectivity index is 1.33. The lowest BCUT2D eigenvalue weighted by atomic mass is 10.2. The van der Waals surface area contributed by atoms with E-state index in [-0.39, 0.29) is 23.7 Å². The molecule has 0 spiro atoms. The van der Waals surface area contributed by atoms with Crippen LogP contribution in [0.1, 0.15) is 29.1 Å². The zero-order chi connectivity index (χ0) is 21.6. The lowest BCUT2D eigenvalue weighted by molar-refractivity contribution is 0.102. The van der Waals surface area contributed by atoms with Crippen molar-refractivity contribution in [3.63, 3.8) is 0 Å². The maximum absolute atomic E-state index is 12.6. The molecule has 31 heavy (non-hydrogen) atoms. The number of carbonyl (C=O) groups is 2. The average molecular weight is 420 g/mol. The van der Waals surface area contributed by atoms with Gasteiger partial charge in [-0.1, -0.05) is 18.2 Å². The summed E-state index contributed by atoms with van der Waals surface area (Å²) in [4.78, 5) is 29.0. The number of aromatic nitrogens is 1. The number of urea groups is 1. The van der Waals surface area contributed by atoms with Gasteiger partial charge in [0, 0.05) is 30.1 Å². The molecule has 1 saturated heterocycles. The molecule has 2 heterocycles. The van der Waals surface area contributed by atoms with E-state index in [1.54, 1.807) is 31.2 Å². The van der Waals surface area contributed by atoms with Crippen LogP contribution < -0.4 is 16.0 Å². The molecule has 0 saturated carbocycles. The first kappa shape index (κ1) is 20.6. The summed E-state index contributed by atoms with van der Waals surface area (Å²) in [5.41, 5.74) is 2.23. The standard InChI is InChI=1S/C23H24N4O4/c1-15-20(27-22(31-15)16-6-3-2-4-7-16)21(28)25-17-9-11-18(12-10-17)26-23(29)24-14-19-8-5-13-30-19/h2-4,6-7,9-12,19H,5,8,13-14H2,1H3,(H,25,28)(H2,24,26,29). The number of hydrogen-bond donors (Lipinski definition) is 3. The van der Waals surface area contributed by atoms with Gasteiger partial charge in [-0.3, -0.25) is 4.79 Å². The molecule has 8 heteroatoms. The normalized spacial score (nSPS) is 15.5. The van der Waals surface area contributed by atoms with E-state index < -0.39 is 0 Å². The second-order valence-corrected chi connectivity index (χ2v) is 7.29. The fourth-order valence-corrected chi connectivity index (χ4v) is 3.33. The van der Waals surface area contributed by atoms with Crippen LogP contribution in [0.5, 0.6) is 0 Å². The third-order valence-electron chi connectivity index (χ3n) is 4.95. The molecule has 1 fully saturated rings. The van der Waals surface area contributed by atoms with Crippen molar-refractivity contribution in [2.75, 3.05) is 23.8 Å². The summed E-state index contributed by atoms with van der Waals surface area (Å²) in [6.07, 6.45) is 2.08. The van der Waals surface area contributed by atoms with Gasteiger partial charge in [0.25, 0.3) is 5.91 Å². The van der Waals surface area contributed by atoms with Crippen molar-refractivity contribution >= 4 is 23.3 Å². The highest BCUT2D eigenvalue weighted by molar-refractivity contribution is 6.04. The molecule has 3 amide bonds. The van der Waals surface area contributed by atoms with Gasteiger partial charge in [0.05, 0.1) is 6.10 Å². The van der Waals surface area contributed by atoms with Gasteiger partial charge < -0.3 is 25.1 Å². The fourth-order valence-electron chi connectivity index (χ4n) is 3.33. The zero-order valence-electron chi connectivity index (χ0n) is 17.2. The van der Waals surface area contributed by atoms with E-state index in [2.05, 4.69) is 20.9 Å². The second-order valence-electron chi connectivity index (χ2n) is 7.29. The van der Waals surface area contributed by atoms with Crippen molar-refractivity contribution in [2.24, 2.45) is 0 Å². The van der Waals surface area contributed by atoms with E-state index in [1.807, 2.05) is 30.3 Å². The molecule has 0 bridgehead atoms. The molecule has 0 radical (unpaired) electrons. The molecule has 1 unspecified atom stereocenters. The molecule has 8 nitrogen and oxygen atoms in total. The maximum atomic E-state index is 12.6. The number of nitrogens with zero attached hydrogens (tertiary/aromatic N) is 1. The molecule has 2 aromatic carbocycles. The van der Waals surface area contributed by atoms with Gasteiger partial charge in [-0.05, 0) is 56.2 Å². The Bertz CT molecular complexity index is 1040. The number of ether oxygens (including phenoxy) is 1. The zero-order valence-corrected chi connectivity index (χ0v) is 17.2. The van der Waals surface area contributed by atoms with Crippen LogP contribution >= 0.6 is 0 Å². The van der Waals surface area contributed by atoms with Crippen LogP contribution in [-0.2, 0) is 4.74 Å². The molecular weight excluding hydrogens is 396 g/mol. The summed E-state index contributed by atoms with van der Waals surface area (Å²) in [6, 6.07) is 16.0. The number of amides is 3. The van der Waals surface area contributed by atoms with Crippen LogP contribution in [0.3, 0.4) is 0 Å². The Morgan fingerprint density at radius 3 is 2.42 bits per heavy atom. The van der Waals surface area contributed by atoms with Gasteiger partial charge in [-0.25, -0.2) is 9.78 Å². The largest absolute Gasteiger partial charge is 0.441 e. The summed E-state index contributed by atoms with van der Waals surface area (Å²) in [5, 5.41) is 8.36. The highest BCUT2D eigenvalue weighted by Gasteiger charge is 2.18. The molecular formula is C23H24N4O4. The number of nitrogens with one attached hydrogen (secondary N) is 3. The summed E-state index contributed by atoms with van der Waals surface area (Å²) < 4.78 is 11.1. The van der Waals surface area contributed by atoms with Crippen molar-refractivity contribution in [1.29, 1.82) is 0 Å². The molecule has 1 aromatic heterocycles. The molecule has 4 rings (SSSR count). The van der Waals surface area contributed by atoms with E-state index in [0.717, 1.165) is 25.0 Å². The fraction of sp³-hybridized carbons (Fsp3) is 0.261. The first-order chi connectivity index (χ1) is 15.1. The van der Waals surface area contributed by atoms with Crippen molar-refractivity contribution in [1.82, 2.24) is 10.3 Å². The Hall–Kier alpha value is -3.65. The minimum absolute atomic E-state index is 0.0886. The minimum atomic E-state index is -0.363. The van der Waals surface area contributed by atoms with Crippen LogP contribution in [0, 0.1) is 6.92 Å². The van der Waals surface area contributed by atoms with E-state index in [0.29, 0.717) is 29.6 Å². The summed E-state index contributed by atoms with van der Waals surface area (Å²) in [5.74, 6) is 0.479. The topological polar surface area (TPSA) is 105 Å². The van der Waals surface area contributed by atoms with E-state index in [1.165, 1.54) is 0 Å². The quantitative estimate of drug-likeness (QED) is 0.554. The third-order valence-corrected chi connectivity index (χ3v) is 4.95. The monoisotopic (exact) mass is 420 g/mol.